The molecule has 0 aliphatic carbocycles. The molecule has 0 fully saturated rings. The Morgan fingerprint density at radius 1 is 1.14 bits per heavy atom. The van der Waals surface area contributed by atoms with Crippen LogP contribution in [0.1, 0.15) is 10.4 Å². The van der Waals surface area contributed by atoms with Gasteiger partial charge in [-0.15, -0.1) is 0 Å². The van der Waals surface area contributed by atoms with E-state index in [4.69, 9.17) is 39.5 Å². The summed E-state index contributed by atoms with van der Waals surface area (Å²) in [4.78, 5) is 27.4. The van der Waals surface area contributed by atoms with Crippen LogP contribution in [0.2, 0.25) is 15.1 Å². The second-order valence-corrected chi connectivity index (χ2v) is 5.31. The van der Waals surface area contributed by atoms with E-state index in [0.717, 1.165) is 0 Å². The third-order valence-electron chi connectivity index (χ3n) is 2.50. The highest BCUT2D eigenvalue weighted by atomic mass is 35.5. The van der Waals surface area contributed by atoms with Gasteiger partial charge in [-0.25, -0.2) is 9.78 Å². The number of carbonyl (C=O) groups excluding carboxylic acids is 2. The van der Waals surface area contributed by atoms with Crippen molar-refractivity contribution in [2.45, 2.75) is 0 Å². The Morgan fingerprint density at radius 2 is 1.91 bits per heavy atom. The quantitative estimate of drug-likeness (QED) is 0.842. The van der Waals surface area contributed by atoms with E-state index in [9.17, 15) is 9.59 Å². The Morgan fingerprint density at radius 3 is 2.59 bits per heavy atom. The molecule has 114 valence electrons. The van der Waals surface area contributed by atoms with Crippen molar-refractivity contribution in [1.82, 2.24) is 4.98 Å². The van der Waals surface area contributed by atoms with E-state index < -0.39 is 18.5 Å². The molecule has 1 heterocycles. The average molecular weight is 360 g/mol. The van der Waals surface area contributed by atoms with Crippen molar-refractivity contribution in [3.8, 4) is 0 Å². The molecule has 5 nitrogen and oxygen atoms in total. The number of aromatic nitrogens is 1. The second kappa shape index (κ2) is 7.45. The van der Waals surface area contributed by atoms with E-state index in [0.29, 0.717) is 10.8 Å². The SMILES string of the molecule is O=C(COC(=O)c1cccc(Cl)c1Cl)Nc1ccc(Cl)cn1. The molecular weight excluding hydrogens is 351 g/mol. The van der Waals surface area contributed by atoms with Gasteiger partial charge in [0.2, 0.25) is 0 Å². The van der Waals surface area contributed by atoms with Crippen LogP contribution < -0.4 is 5.32 Å². The van der Waals surface area contributed by atoms with Crippen LogP contribution in [0.4, 0.5) is 5.82 Å². The van der Waals surface area contributed by atoms with Crippen molar-refractivity contribution in [2.24, 2.45) is 0 Å². The van der Waals surface area contributed by atoms with Gasteiger partial charge in [0.05, 0.1) is 20.6 Å². The molecule has 22 heavy (non-hydrogen) atoms. The summed E-state index contributed by atoms with van der Waals surface area (Å²) in [7, 11) is 0. The van der Waals surface area contributed by atoms with Crippen LogP contribution in [0.3, 0.4) is 0 Å². The van der Waals surface area contributed by atoms with Crippen LogP contribution in [0.25, 0.3) is 0 Å². The van der Waals surface area contributed by atoms with Gasteiger partial charge in [-0.05, 0) is 24.3 Å². The zero-order valence-corrected chi connectivity index (χ0v) is 13.2. The Hall–Kier alpha value is -1.82. The summed E-state index contributed by atoms with van der Waals surface area (Å²) in [5.41, 5.74) is 0.0894. The van der Waals surface area contributed by atoms with Gasteiger partial charge in [0.1, 0.15) is 5.82 Å². The number of hydrogen-bond acceptors (Lipinski definition) is 4. The third-order valence-corrected chi connectivity index (χ3v) is 3.54. The van der Waals surface area contributed by atoms with Crippen LogP contribution in [0.5, 0.6) is 0 Å². The molecule has 0 bridgehead atoms. The number of esters is 1. The first kappa shape index (κ1) is 16.5. The molecule has 0 spiro atoms. The number of benzene rings is 1. The molecule has 0 radical (unpaired) electrons. The van der Waals surface area contributed by atoms with Crippen molar-refractivity contribution >= 4 is 52.5 Å². The van der Waals surface area contributed by atoms with E-state index in [1.165, 1.54) is 18.3 Å². The number of anilines is 1. The standard InChI is InChI=1S/C14H9Cl3N2O3/c15-8-4-5-11(18-6-8)19-12(20)7-22-14(21)9-2-1-3-10(16)13(9)17/h1-6H,7H2,(H,18,19,20). The molecule has 2 aromatic rings. The maximum atomic E-state index is 11.8. The van der Waals surface area contributed by atoms with Gasteiger partial charge in [0, 0.05) is 6.20 Å². The molecule has 1 aromatic heterocycles. The number of nitrogens with zero attached hydrogens (tertiary/aromatic N) is 1. The minimum Gasteiger partial charge on any atom is -0.452 e. The lowest BCUT2D eigenvalue weighted by molar-refractivity contribution is -0.119. The highest BCUT2D eigenvalue weighted by Gasteiger charge is 2.15. The van der Waals surface area contributed by atoms with E-state index in [-0.39, 0.29) is 15.6 Å². The Balaban J connectivity index is 1.92. The molecule has 2 rings (SSSR count). The zero-order valence-electron chi connectivity index (χ0n) is 11.0. The van der Waals surface area contributed by atoms with Gasteiger partial charge in [0.25, 0.3) is 5.91 Å². The first-order valence-electron chi connectivity index (χ1n) is 6.00. The lowest BCUT2D eigenvalue weighted by Gasteiger charge is -2.07. The van der Waals surface area contributed by atoms with Gasteiger partial charge >= 0.3 is 5.97 Å². The molecule has 8 heteroatoms. The molecule has 0 saturated heterocycles. The smallest absolute Gasteiger partial charge is 0.340 e. The molecule has 0 atom stereocenters. The monoisotopic (exact) mass is 358 g/mol. The van der Waals surface area contributed by atoms with Crippen LogP contribution in [-0.4, -0.2) is 23.5 Å². The normalized spacial score (nSPS) is 10.1. The molecule has 0 saturated carbocycles. The number of carbonyl (C=O) groups is 2. The van der Waals surface area contributed by atoms with Crippen molar-refractivity contribution in [3.05, 3.63) is 57.2 Å². The first-order valence-corrected chi connectivity index (χ1v) is 7.13. The molecule has 0 aliphatic heterocycles. The minimum absolute atomic E-state index is 0.0777. The van der Waals surface area contributed by atoms with Crippen molar-refractivity contribution in [1.29, 1.82) is 0 Å². The topological polar surface area (TPSA) is 68.3 Å². The fraction of sp³-hybridized carbons (Fsp3) is 0.0714. The molecule has 1 N–H and O–H groups in total. The maximum absolute atomic E-state index is 11.8. The first-order chi connectivity index (χ1) is 10.5. The van der Waals surface area contributed by atoms with Gasteiger partial charge in [0.15, 0.2) is 6.61 Å². The number of ether oxygens (including phenoxy) is 1. The van der Waals surface area contributed by atoms with Crippen molar-refractivity contribution in [3.63, 3.8) is 0 Å². The Bertz CT molecular complexity index is 705. The number of amides is 1. The second-order valence-electron chi connectivity index (χ2n) is 4.09. The summed E-state index contributed by atoms with van der Waals surface area (Å²) in [6.45, 7) is -0.480. The number of halogens is 3. The van der Waals surface area contributed by atoms with E-state index in [1.807, 2.05) is 0 Å². The average Bonchev–Trinajstić information content (AvgIpc) is 2.50. The van der Waals surface area contributed by atoms with E-state index >= 15 is 0 Å². The third kappa shape index (κ3) is 4.34. The van der Waals surface area contributed by atoms with Crippen molar-refractivity contribution in [2.75, 3.05) is 11.9 Å². The molecule has 1 aromatic carbocycles. The van der Waals surface area contributed by atoms with Crippen LogP contribution in [0, 0.1) is 0 Å². The number of nitrogens with one attached hydrogen (secondary N) is 1. The highest BCUT2D eigenvalue weighted by Crippen LogP contribution is 2.25. The summed E-state index contributed by atoms with van der Waals surface area (Å²) in [5, 5.41) is 3.21. The van der Waals surface area contributed by atoms with Gasteiger partial charge in [-0.3, -0.25) is 4.79 Å². The summed E-state index contributed by atoms with van der Waals surface area (Å²) in [6.07, 6.45) is 1.38. The predicted octanol–water partition coefficient (Wildman–Crippen LogP) is 3.84. The fourth-order valence-electron chi connectivity index (χ4n) is 1.50. The van der Waals surface area contributed by atoms with Gasteiger partial charge in [-0.1, -0.05) is 40.9 Å². The lowest BCUT2D eigenvalue weighted by atomic mass is 10.2. The van der Waals surface area contributed by atoms with E-state index in [1.54, 1.807) is 18.2 Å². The summed E-state index contributed by atoms with van der Waals surface area (Å²) in [5.74, 6) is -0.987. The zero-order chi connectivity index (χ0) is 16.1. The van der Waals surface area contributed by atoms with Crippen molar-refractivity contribution < 1.29 is 14.3 Å². The Kier molecular flexibility index (Phi) is 5.60. The fourth-order valence-corrected chi connectivity index (χ4v) is 1.99. The number of hydrogen-bond donors (Lipinski definition) is 1. The summed E-state index contributed by atoms with van der Waals surface area (Å²) < 4.78 is 4.87. The van der Waals surface area contributed by atoms with Crippen LogP contribution in [-0.2, 0) is 9.53 Å². The number of rotatable bonds is 4. The van der Waals surface area contributed by atoms with Gasteiger partial charge in [-0.2, -0.15) is 0 Å². The Labute approximate surface area is 141 Å². The number of pyridine rings is 1. The minimum atomic E-state index is -0.744. The largest absolute Gasteiger partial charge is 0.452 e. The molecular formula is C14H9Cl3N2O3. The summed E-state index contributed by atoms with van der Waals surface area (Å²) >= 11 is 17.4. The van der Waals surface area contributed by atoms with E-state index in [2.05, 4.69) is 10.3 Å². The summed E-state index contributed by atoms with van der Waals surface area (Å²) in [6, 6.07) is 7.65. The van der Waals surface area contributed by atoms with Crippen LogP contribution in [0.15, 0.2) is 36.5 Å². The predicted molar refractivity (Wildman–Crippen MR) is 84.6 cm³/mol. The highest BCUT2D eigenvalue weighted by molar-refractivity contribution is 6.43. The molecule has 0 unspecified atom stereocenters. The van der Waals surface area contributed by atoms with Gasteiger partial charge < -0.3 is 10.1 Å². The molecule has 0 aliphatic rings. The molecule has 1 amide bonds. The lowest BCUT2D eigenvalue weighted by Crippen LogP contribution is -2.21. The van der Waals surface area contributed by atoms with Crippen LogP contribution >= 0.6 is 34.8 Å². The maximum Gasteiger partial charge on any atom is 0.340 e.